The van der Waals surface area contributed by atoms with Crippen molar-refractivity contribution in [3.63, 3.8) is 0 Å². The predicted octanol–water partition coefficient (Wildman–Crippen LogP) is 5.10. The van der Waals surface area contributed by atoms with Crippen LogP contribution in [-0.4, -0.2) is 70.3 Å². The van der Waals surface area contributed by atoms with E-state index in [0.717, 1.165) is 19.3 Å². The van der Waals surface area contributed by atoms with Gasteiger partial charge in [0, 0.05) is 24.7 Å². The number of benzene rings is 1. The fourth-order valence-corrected chi connectivity index (χ4v) is 4.17. The molecule has 1 aromatic carbocycles. The third kappa shape index (κ3) is 14.3. The van der Waals surface area contributed by atoms with E-state index in [4.69, 9.17) is 24.9 Å². The second-order valence-electron chi connectivity index (χ2n) is 9.35. The van der Waals surface area contributed by atoms with Crippen molar-refractivity contribution in [1.82, 2.24) is 10.6 Å². The highest BCUT2D eigenvalue weighted by atomic mass is 19.4. The van der Waals surface area contributed by atoms with Crippen LogP contribution in [0.25, 0.3) is 6.08 Å². The van der Waals surface area contributed by atoms with E-state index in [9.17, 15) is 31.1 Å². The quantitative estimate of drug-likeness (QED) is 0.253. The molecular formula is C26H34F6N2O6. The number of carboxylic acid groups (broad SMARTS) is 3. The molecule has 14 heteroatoms. The topological polar surface area (TPSA) is 136 Å². The Morgan fingerprint density at radius 3 is 1.77 bits per heavy atom. The van der Waals surface area contributed by atoms with E-state index in [1.807, 2.05) is 0 Å². The van der Waals surface area contributed by atoms with Gasteiger partial charge in [0.2, 0.25) is 0 Å². The Kier molecular flexibility index (Phi) is 14.1. The average Bonchev–Trinajstić information content (AvgIpc) is 3.62. The first-order valence-electron chi connectivity index (χ1n) is 12.6. The van der Waals surface area contributed by atoms with Crippen molar-refractivity contribution in [2.24, 2.45) is 5.92 Å². The van der Waals surface area contributed by atoms with Crippen molar-refractivity contribution < 1.29 is 56.0 Å². The van der Waals surface area contributed by atoms with Crippen LogP contribution in [0.5, 0.6) is 0 Å². The molecular weight excluding hydrogens is 550 g/mol. The molecule has 40 heavy (non-hydrogen) atoms. The molecule has 0 amide bonds. The molecule has 2 fully saturated rings. The van der Waals surface area contributed by atoms with Crippen LogP contribution in [0.2, 0.25) is 0 Å². The predicted molar refractivity (Wildman–Crippen MR) is 133 cm³/mol. The molecule has 0 heterocycles. The number of carboxylic acids is 3. The Morgan fingerprint density at radius 2 is 1.35 bits per heavy atom. The second-order valence-corrected chi connectivity index (χ2v) is 9.35. The number of carbonyl (C=O) groups is 3. The van der Waals surface area contributed by atoms with Crippen molar-refractivity contribution in [2.45, 2.75) is 82.3 Å². The van der Waals surface area contributed by atoms with Gasteiger partial charge < -0.3 is 26.0 Å². The molecule has 2 atom stereocenters. The van der Waals surface area contributed by atoms with Gasteiger partial charge in [-0.05, 0) is 50.0 Å². The summed E-state index contributed by atoms with van der Waals surface area (Å²) in [4.78, 5) is 28.4. The largest absolute Gasteiger partial charge is 0.490 e. The van der Waals surface area contributed by atoms with E-state index in [-0.39, 0.29) is 6.42 Å². The number of rotatable bonds is 9. The lowest BCUT2D eigenvalue weighted by atomic mass is 9.91. The van der Waals surface area contributed by atoms with Crippen molar-refractivity contribution >= 4 is 24.0 Å². The molecule has 2 aliphatic rings. The summed E-state index contributed by atoms with van der Waals surface area (Å²) < 4.78 is 63.5. The Balaban J connectivity index is 0.000000473. The lowest BCUT2D eigenvalue weighted by Gasteiger charge is -2.30. The fraction of sp³-hybridized carbons (Fsp3) is 0.577. The van der Waals surface area contributed by atoms with Gasteiger partial charge in [0.15, 0.2) is 0 Å². The fourth-order valence-electron chi connectivity index (χ4n) is 4.17. The SMILES string of the molecule is CC/C(=C\c1ccccc1)[C@@H]1C[C@H]1N[C@H]1CC[C@@H](NCCC(=O)O)CC1.O=C(O)C(F)(F)F.O=C(O)C(F)(F)F. The molecule has 3 rings (SSSR count). The number of alkyl halides is 6. The molecule has 0 radical (unpaired) electrons. The molecule has 0 aliphatic heterocycles. The monoisotopic (exact) mass is 584 g/mol. The average molecular weight is 585 g/mol. The first-order chi connectivity index (χ1) is 18.5. The summed E-state index contributed by atoms with van der Waals surface area (Å²) in [6, 6.07) is 12.4. The molecule has 0 bridgehead atoms. The maximum Gasteiger partial charge on any atom is 0.490 e. The van der Waals surface area contributed by atoms with Crippen LogP contribution in [0.15, 0.2) is 35.9 Å². The van der Waals surface area contributed by atoms with Crippen molar-refractivity contribution in [3.8, 4) is 0 Å². The van der Waals surface area contributed by atoms with E-state index in [0.29, 0.717) is 30.6 Å². The number of hydrogen-bond acceptors (Lipinski definition) is 5. The summed E-state index contributed by atoms with van der Waals surface area (Å²) in [5.74, 6) is -5.53. The lowest BCUT2D eigenvalue weighted by molar-refractivity contribution is -0.193. The van der Waals surface area contributed by atoms with Gasteiger partial charge in [-0.3, -0.25) is 4.79 Å². The summed E-state index contributed by atoms with van der Waals surface area (Å²) >= 11 is 0. The van der Waals surface area contributed by atoms with Crippen LogP contribution in [0.1, 0.15) is 57.4 Å². The lowest BCUT2D eigenvalue weighted by Crippen LogP contribution is -2.41. The molecule has 2 saturated carbocycles. The third-order valence-electron chi connectivity index (χ3n) is 6.26. The van der Waals surface area contributed by atoms with Crippen molar-refractivity contribution in [1.29, 1.82) is 0 Å². The Bertz CT molecular complexity index is 952. The molecule has 0 spiro atoms. The Labute approximate surface area is 227 Å². The van der Waals surface area contributed by atoms with Gasteiger partial charge in [0.1, 0.15) is 0 Å². The van der Waals surface area contributed by atoms with Gasteiger partial charge in [-0.15, -0.1) is 0 Å². The summed E-state index contributed by atoms with van der Waals surface area (Å²) in [5, 5.41) is 30.2. The minimum atomic E-state index is -5.08. The van der Waals surface area contributed by atoms with E-state index < -0.39 is 30.3 Å². The minimum absolute atomic E-state index is 0.218. The summed E-state index contributed by atoms with van der Waals surface area (Å²) in [6.45, 7) is 2.85. The maximum atomic E-state index is 10.6. The highest BCUT2D eigenvalue weighted by Gasteiger charge is 2.41. The van der Waals surface area contributed by atoms with Gasteiger partial charge in [-0.25, -0.2) is 9.59 Å². The van der Waals surface area contributed by atoms with Gasteiger partial charge in [0.25, 0.3) is 0 Å². The molecule has 226 valence electrons. The Hall–Kier alpha value is -3.13. The zero-order valence-corrected chi connectivity index (χ0v) is 21.8. The highest BCUT2D eigenvalue weighted by Crippen LogP contribution is 2.40. The standard InChI is InChI=1S/C22H32N2O2.2C2HF3O2/c1-2-17(14-16-6-4-3-5-7-16)20-15-21(20)24-19-10-8-18(9-11-19)23-13-12-22(25)26;2*3-2(4,5)1(6)7/h3-7,14,18-21,23-24H,2,8-13,15H2,1H3,(H,25,26);2*(H,6,7)/b17-14+;;/t18-,19+,20-,21+;;/m0../s1. The van der Waals surface area contributed by atoms with Gasteiger partial charge in [0.05, 0.1) is 6.42 Å². The first-order valence-corrected chi connectivity index (χ1v) is 12.6. The molecule has 0 saturated heterocycles. The van der Waals surface area contributed by atoms with E-state index in [1.54, 1.807) is 5.57 Å². The minimum Gasteiger partial charge on any atom is -0.481 e. The molecule has 0 aromatic heterocycles. The van der Waals surface area contributed by atoms with Crippen molar-refractivity contribution in [3.05, 3.63) is 41.5 Å². The van der Waals surface area contributed by atoms with Crippen molar-refractivity contribution in [2.75, 3.05) is 6.54 Å². The molecule has 2 aliphatic carbocycles. The van der Waals surface area contributed by atoms with E-state index in [2.05, 4.69) is 54.0 Å². The third-order valence-corrected chi connectivity index (χ3v) is 6.26. The normalized spacial score (nSPS) is 22.6. The number of aliphatic carboxylic acids is 3. The van der Waals surface area contributed by atoms with Gasteiger partial charge in [-0.1, -0.05) is 48.9 Å². The molecule has 0 unspecified atom stereocenters. The summed E-state index contributed by atoms with van der Waals surface area (Å²) in [7, 11) is 0. The first kappa shape index (κ1) is 34.9. The van der Waals surface area contributed by atoms with Crippen LogP contribution >= 0.6 is 0 Å². The summed E-state index contributed by atoms with van der Waals surface area (Å²) in [6.07, 6.45) is -0.508. The van der Waals surface area contributed by atoms with E-state index >= 15 is 0 Å². The van der Waals surface area contributed by atoms with Crippen LogP contribution in [0.4, 0.5) is 26.3 Å². The number of halogens is 6. The molecule has 5 N–H and O–H groups in total. The highest BCUT2D eigenvalue weighted by molar-refractivity contribution is 5.73. The molecule has 8 nitrogen and oxygen atoms in total. The number of nitrogens with one attached hydrogen (secondary N) is 2. The van der Waals surface area contributed by atoms with Gasteiger partial charge in [-0.2, -0.15) is 26.3 Å². The summed E-state index contributed by atoms with van der Waals surface area (Å²) in [5.41, 5.74) is 2.88. The Morgan fingerprint density at radius 1 is 0.875 bits per heavy atom. The smallest absolute Gasteiger partial charge is 0.481 e. The maximum absolute atomic E-state index is 10.6. The van der Waals surface area contributed by atoms with Crippen LogP contribution < -0.4 is 10.6 Å². The number of hydrogen-bond donors (Lipinski definition) is 5. The van der Waals surface area contributed by atoms with Crippen LogP contribution in [0.3, 0.4) is 0 Å². The van der Waals surface area contributed by atoms with Crippen LogP contribution in [0, 0.1) is 5.92 Å². The van der Waals surface area contributed by atoms with E-state index in [1.165, 1.54) is 24.8 Å². The zero-order valence-electron chi connectivity index (χ0n) is 21.8. The zero-order chi connectivity index (χ0) is 30.5. The molecule has 1 aromatic rings. The van der Waals surface area contributed by atoms with Gasteiger partial charge >= 0.3 is 30.3 Å². The van der Waals surface area contributed by atoms with Crippen LogP contribution in [-0.2, 0) is 14.4 Å². The second kappa shape index (κ2) is 16.2.